The molecule has 92 valence electrons. The summed E-state index contributed by atoms with van der Waals surface area (Å²) in [6, 6.07) is 0.315. The van der Waals surface area contributed by atoms with Crippen LogP contribution in [0.3, 0.4) is 0 Å². The van der Waals surface area contributed by atoms with Gasteiger partial charge in [0.1, 0.15) is 0 Å². The number of hydrogen-bond acceptors (Lipinski definition) is 5. The van der Waals surface area contributed by atoms with Gasteiger partial charge in [0, 0.05) is 12.6 Å². The minimum atomic E-state index is -1.60. The molecule has 0 saturated heterocycles. The fourth-order valence-electron chi connectivity index (χ4n) is 1.22. The minimum Gasteiger partial charge on any atom is -0.467 e. The van der Waals surface area contributed by atoms with Crippen LogP contribution in [0, 0.1) is 0 Å². The number of methoxy groups -OCH3 is 1. The van der Waals surface area contributed by atoms with E-state index >= 15 is 0 Å². The van der Waals surface area contributed by atoms with Crippen molar-refractivity contribution in [2.75, 3.05) is 20.2 Å². The van der Waals surface area contributed by atoms with Gasteiger partial charge in [0.25, 0.3) is 0 Å². The number of amides is 1. The highest BCUT2D eigenvalue weighted by atomic mass is 16.5. The highest BCUT2D eigenvalue weighted by molar-refractivity contribution is 5.80. The molecule has 1 amide bonds. The van der Waals surface area contributed by atoms with E-state index in [-0.39, 0.29) is 19.0 Å². The van der Waals surface area contributed by atoms with Gasteiger partial charge in [-0.3, -0.25) is 4.79 Å². The summed E-state index contributed by atoms with van der Waals surface area (Å²) in [4.78, 5) is 22.3. The Balaban J connectivity index is 2.17. The van der Waals surface area contributed by atoms with Gasteiger partial charge in [-0.05, 0) is 19.8 Å². The van der Waals surface area contributed by atoms with Crippen molar-refractivity contribution in [1.82, 2.24) is 10.6 Å². The minimum absolute atomic E-state index is 0.0161. The van der Waals surface area contributed by atoms with E-state index in [0.29, 0.717) is 6.04 Å². The van der Waals surface area contributed by atoms with Crippen molar-refractivity contribution in [2.24, 2.45) is 0 Å². The van der Waals surface area contributed by atoms with Gasteiger partial charge in [-0.15, -0.1) is 0 Å². The van der Waals surface area contributed by atoms with Crippen LogP contribution in [0.2, 0.25) is 0 Å². The van der Waals surface area contributed by atoms with Gasteiger partial charge in [-0.1, -0.05) is 0 Å². The van der Waals surface area contributed by atoms with Gasteiger partial charge in [-0.2, -0.15) is 0 Å². The molecule has 0 spiro atoms. The van der Waals surface area contributed by atoms with Crippen LogP contribution in [0.4, 0.5) is 0 Å². The number of hydrogen-bond donors (Lipinski definition) is 3. The Labute approximate surface area is 94.3 Å². The summed E-state index contributed by atoms with van der Waals surface area (Å²) in [5.74, 6) is -0.842. The van der Waals surface area contributed by atoms with E-state index in [9.17, 15) is 14.7 Å². The van der Waals surface area contributed by atoms with Crippen molar-refractivity contribution in [3.05, 3.63) is 0 Å². The molecule has 1 fully saturated rings. The zero-order valence-electron chi connectivity index (χ0n) is 9.58. The molecule has 1 unspecified atom stereocenters. The van der Waals surface area contributed by atoms with Crippen molar-refractivity contribution in [2.45, 2.75) is 31.4 Å². The largest absolute Gasteiger partial charge is 0.467 e. The molecule has 0 aromatic rings. The zero-order valence-corrected chi connectivity index (χ0v) is 9.58. The molecule has 6 nitrogen and oxygen atoms in total. The summed E-state index contributed by atoms with van der Waals surface area (Å²) in [6.07, 6.45) is 2.07. The summed E-state index contributed by atoms with van der Waals surface area (Å²) < 4.78 is 4.42. The fraction of sp³-hybridized carbons (Fsp3) is 0.800. The Kier molecular flexibility index (Phi) is 4.26. The molecule has 0 bridgehead atoms. The molecule has 1 aliphatic rings. The van der Waals surface area contributed by atoms with Gasteiger partial charge < -0.3 is 20.5 Å². The summed E-state index contributed by atoms with van der Waals surface area (Å²) in [6.45, 7) is 1.41. The first-order chi connectivity index (χ1) is 7.45. The Bertz CT molecular complexity index is 274. The van der Waals surface area contributed by atoms with Gasteiger partial charge in [0.2, 0.25) is 5.91 Å². The van der Waals surface area contributed by atoms with Crippen LogP contribution >= 0.6 is 0 Å². The maximum Gasteiger partial charge on any atom is 0.338 e. The molecule has 0 aromatic heterocycles. The molecular weight excluding hydrogens is 212 g/mol. The van der Waals surface area contributed by atoms with E-state index in [1.54, 1.807) is 0 Å². The average Bonchev–Trinajstić information content (AvgIpc) is 3.00. The maximum absolute atomic E-state index is 11.2. The first kappa shape index (κ1) is 12.9. The second kappa shape index (κ2) is 5.27. The van der Waals surface area contributed by atoms with E-state index in [1.165, 1.54) is 14.0 Å². The second-order valence-corrected chi connectivity index (χ2v) is 4.21. The van der Waals surface area contributed by atoms with Crippen LogP contribution in [0.5, 0.6) is 0 Å². The Morgan fingerprint density at radius 1 is 1.50 bits per heavy atom. The second-order valence-electron chi connectivity index (χ2n) is 4.21. The molecule has 16 heavy (non-hydrogen) atoms. The first-order valence-electron chi connectivity index (χ1n) is 5.26. The molecular formula is C10H18N2O4. The molecule has 6 heteroatoms. The summed E-state index contributed by atoms with van der Waals surface area (Å²) in [7, 11) is 1.20. The number of carbonyl (C=O) groups excluding carboxylic acids is 2. The van der Waals surface area contributed by atoms with Gasteiger partial charge in [-0.25, -0.2) is 4.79 Å². The fourth-order valence-corrected chi connectivity index (χ4v) is 1.22. The molecule has 1 aliphatic carbocycles. The number of rotatable bonds is 6. The maximum atomic E-state index is 11.2. The standard InChI is InChI=1S/C10H18N2O4/c1-10(15,9(14)16-2)6-11-5-8(13)12-7-3-4-7/h7,11,15H,3-6H2,1-2H3,(H,12,13). The Morgan fingerprint density at radius 3 is 2.62 bits per heavy atom. The van der Waals surface area contributed by atoms with Gasteiger partial charge in [0.05, 0.1) is 13.7 Å². The number of esters is 1. The third-order valence-electron chi connectivity index (χ3n) is 2.32. The van der Waals surface area contributed by atoms with Crippen molar-refractivity contribution in [3.63, 3.8) is 0 Å². The lowest BCUT2D eigenvalue weighted by molar-refractivity contribution is -0.160. The molecule has 1 rings (SSSR count). The number of ether oxygens (including phenoxy) is 1. The summed E-state index contributed by atoms with van der Waals surface area (Å²) in [5, 5.41) is 15.1. The number of aliphatic hydroxyl groups is 1. The first-order valence-corrected chi connectivity index (χ1v) is 5.26. The van der Waals surface area contributed by atoms with E-state index in [2.05, 4.69) is 15.4 Å². The highest BCUT2D eigenvalue weighted by Crippen LogP contribution is 2.18. The van der Waals surface area contributed by atoms with Crippen LogP contribution in [0.15, 0.2) is 0 Å². The van der Waals surface area contributed by atoms with E-state index in [1.807, 2.05) is 0 Å². The van der Waals surface area contributed by atoms with E-state index in [4.69, 9.17) is 0 Å². The topological polar surface area (TPSA) is 87.7 Å². The Hall–Kier alpha value is -1.14. The third kappa shape index (κ3) is 4.16. The highest BCUT2D eigenvalue weighted by Gasteiger charge is 2.31. The normalized spacial score (nSPS) is 18.7. The molecule has 1 atom stereocenters. The van der Waals surface area contributed by atoms with Crippen molar-refractivity contribution >= 4 is 11.9 Å². The van der Waals surface area contributed by atoms with Crippen molar-refractivity contribution in [1.29, 1.82) is 0 Å². The molecule has 0 heterocycles. The predicted molar refractivity (Wildman–Crippen MR) is 56.7 cm³/mol. The van der Waals surface area contributed by atoms with Crippen molar-refractivity contribution in [3.8, 4) is 0 Å². The molecule has 0 aromatic carbocycles. The Morgan fingerprint density at radius 2 is 2.12 bits per heavy atom. The lowest BCUT2D eigenvalue weighted by atomic mass is 10.1. The lowest BCUT2D eigenvalue weighted by Crippen LogP contribution is -2.48. The predicted octanol–water partition coefficient (Wildman–Crippen LogP) is -1.22. The average molecular weight is 230 g/mol. The molecule has 0 radical (unpaired) electrons. The molecule has 3 N–H and O–H groups in total. The molecule has 0 aliphatic heterocycles. The van der Waals surface area contributed by atoms with Gasteiger partial charge in [0.15, 0.2) is 5.60 Å². The van der Waals surface area contributed by atoms with Crippen LogP contribution in [-0.4, -0.2) is 48.8 Å². The third-order valence-corrected chi connectivity index (χ3v) is 2.32. The quantitative estimate of drug-likeness (QED) is 0.498. The summed E-state index contributed by atoms with van der Waals surface area (Å²) in [5.41, 5.74) is -1.60. The smallest absolute Gasteiger partial charge is 0.338 e. The van der Waals surface area contributed by atoms with Crippen LogP contribution in [0.1, 0.15) is 19.8 Å². The molecule has 1 saturated carbocycles. The van der Waals surface area contributed by atoms with E-state index < -0.39 is 11.6 Å². The van der Waals surface area contributed by atoms with Crippen molar-refractivity contribution < 1.29 is 19.4 Å². The number of nitrogens with one attached hydrogen (secondary N) is 2. The van der Waals surface area contributed by atoms with Crippen LogP contribution in [0.25, 0.3) is 0 Å². The van der Waals surface area contributed by atoms with Crippen LogP contribution < -0.4 is 10.6 Å². The van der Waals surface area contributed by atoms with Crippen LogP contribution in [-0.2, 0) is 14.3 Å². The number of carbonyl (C=O) groups is 2. The summed E-state index contributed by atoms with van der Waals surface area (Å²) >= 11 is 0. The monoisotopic (exact) mass is 230 g/mol. The zero-order chi connectivity index (χ0) is 12.2. The lowest BCUT2D eigenvalue weighted by Gasteiger charge is -2.20. The SMILES string of the molecule is COC(=O)C(C)(O)CNCC(=O)NC1CC1. The van der Waals surface area contributed by atoms with Gasteiger partial charge >= 0.3 is 5.97 Å². The van der Waals surface area contributed by atoms with E-state index in [0.717, 1.165) is 12.8 Å².